The number of H-pyrrole nitrogens is 1. The standard InChI is InChI=1S/C20H19NO4/c1-12-18(20(23)24-3)13(2)21-19(12)16(22)11-25-17-10-6-8-14-7-4-5-9-15(14)17/h4-10,21H,11H2,1-3H3. The smallest absolute Gasteiger partial charge is 0.339 e. The number of ketones is 1. The highest BCUT2D eigenvalue weighted by Crippen LogP contribution is 2.25. The second-order valence-electron chi connectivity index (χ2n) is 5.81. The van der Waals surface area contributed by atoms with Gasteiger partial charge in [-0.15, -0.1) is 0 Å². The van der Waals surface area contributed by atoms with Crippen LogP contribution in [0.15, 0.2) is 42.5 Å². The molecular weight excluding hydrogens is 318 g/mol. The van der Waals surface area contributed by atoms with Crippen LogP contribution in [0.1, 0.15) is 32.1 Å². The van der Waals surface area contributed by atoms with Crippen LogP contribution in [0.25, 0.3) is 10.8 Å². The Balaban J connectivity index is 1.82. The molecule has 5 nitrogen and oxygen atoms in total. The maximum atomic E-state index is 12.5. The Bertz CT molecular complexity index is 950. The Labute approximate surface area is 145 Å². The average molecular weight is 337 g/mol. The lowest BCUT2D eigenvalue weighted by Crippen LogP contribution is -2.13. The van der Waals surface area contributed by atoms with E-state index in [1.165, 1.54) is 7.11 Å². The molecule has 3 rings (SSSR count). The number of Topliss-reactive ketones (excluding diaryl/α,β-unsaturated/α-hetero) is 1. The summed E-state index contributed by atoms with van der Waals surface area (Å²) < 4.78 is 10.5. The Morgan fingerprint density at radius 3 is 2.52 bits per heavy atom. The van der Waals surface area contributed by atoms with Gasteiger partial charge in [0.25, 0.3) is 0 Å². The van der Waals surface area contributed by atoms with Gasteiger partial charge in [0.1, 0.15) is 5.75 Å². The van der Waals surface area contributed by atoms with E-state index in [0.29, 0.717) is 28.3 Å². The zero-order chi connectivity index (χ0) is 18.0. The quantitative estimate of drug-likeness (QED) is 0.567. The fourth-order valence-electron chi connectivity index (χ4n) is 2.97. The molecule has 25 heavy (non-hydrogen) atoms. The van der Waals surface area contributed by atoms with Crippen LogP contribution in [0.3, 0.4) is 0 Å². The minimum absolute atomic E-state index is 0.116. The van der Waals surface area contributed by atoms with Crippen LogP contribution in [0.4, 0.5) is 0 Å². The Hall–Kier alpha value is -3.08. The highest BCUT2D eigenvalue weighted by molar-refractivity contribution is 6.02. The summed E-state index contributed by atoms with van der Waals surface area (Å²) in [5.41, 5.74) is 1.96. The van der Waals surface area contributed by atoms with E-state index >= 15 is 0 Å². The van der Waals surface area contributed by atoms with Gasteiger partial charge in [0, 0.05) is 11.1 Å². The number of fused-ring (bicyclic) bond motifs is 1. The highest BCUT2D eigenvalue weighted by Gasteiger charge is 2.22. The van der Waals surface area contributed by atoms with Gasteiger partial charge in [-0.25, -0.2) is 4.79 Å². The first-order chi connectivity index (χ1) is 12.0. The van der Waals surface area contributed by atoms with E-state index in [1.807, 2.05) is 42.5 Å². The van der Waals surface area contributed by atoms with E-state index in [9.17, 15) is 9.59 Å². The monoisotopic (exact) mass is 337 g/mol. The van der Waals surface area contributed by atoms with Crippen molar-refractivity contribution < 1.29 is 19.1 Å². The molecule has 1 heterocycles. The maximum absolute atomic E-state index is 12.5. The van der Waals surface area contributed by atoms with Gasteiger partial charge in [0.2, 0.25) is 5.78 Å². The summed E-state index contributed by atoms with van der Waals surface area (Å²) in [5, 5.41) is 2.00. The van der Waals surface area contributed by atoms with E-state index in [-0.39, 0.29) is 12.4 Å². The molecule has 0 saturated carbocycles. The fraction of sp³-hybridized carbons (Fsp3) is 0.200. The summed E-state index contributed by atoms with van der Waals surface area (Å²) in [6.45, 7) is 3.35. The number of ether oxygens (including phenoxy) is 2. The zero-order valence-electron chi connectivity index (χ0n) is 14.4. The largest absolute Gasteiger partial charge is 0.485 e. The molecule has 0 spiro atoms. The molecule has 0 amide bonds. The van der Waals surface area contributed by atoms with Crippen LogP contribution < -0.4 is 4.74 Å². The molecule has 0 aliphatic carbocycles. The van der Waals surface area contributed by atoms with E-state index < -0.39 is 5.97 Å². The van der Waals surface area contributed by atoms with Crippen LogP contribution in [0.5, 0.6) is 5.75 Å². The highest BCUT2D eigenvalue weighted by atomic mass is 16.5. The van der Waals surface area contributed by atoms with Crippen LogP contribution >= 0.6 is 0 Å². The van der Waals surface area contributed by atoms with Gasteiger partial charge in [0.05, 0.1) is 18.4 Å². The SMILES string of the molecule is COC(=O)c1c(C)[nH]c(C(=O)COc2cccc3ccccc23)c1C. The number of carbonyl (C=O) groups excluding carboxylic acids is 2. The molecule has 0 aliphatic rings. The first-order valence-electron chi connectivity index (χ1n) is 7.94. The Morgan fingerprint density at radius 1 is 1.04 bits per heavy atom. The topological polar surface area (TPSA) is 68.4 Å². The minimum Gasteiger partial charge on any atom is -0.485 e. The molecule has 2 aromatic carbocycles. The molecule has 0 fully saturated rings. The first-order valence-corrected chi connectivity index (χ1v) is 7.94. The summed E-state index contributed by atoms with van der Waals surface area (Å²) in [4.78, 5) is 27.3. The number of aromatic nitrogens is 1. The van der Waals surface area contributed by atoms with Gasteiger partial charge in [0.15, 0.2) is 6.61 Å². The van der Waals surface area contributed by atoms with Crippen molar-refractivity contribution >= 4 is 22.5 Å². The molecule has 0 unspecified atom stereocenters. The van der Waals surface area contributed by atoms with Gasteiger partial charge in [-0.3, -0.25) is 4.79 Å². The number of hydrogen-bond acceptors (Lipinski definition) is 4. The third-order valence-electron chi connectivity index (χ3n) is 4.21. The molecule has 3 aromatic rings. The van der Waals surface area contributed by atoms with E-state index in [1.54, 1.807) is 13.8 Å². The van der Waals surface area contributed by atoms with Gasteiger partial charge in [-0.2, -0.15) is 0 Å². The minimum atomic E-state index is -0.458. The summed E-state index contributed by atoms with van der Waals surface area (Å²) >= 11 is 0. The molecular formula is C20H19NO4. The van der Waals surface area contributed by atoms with Gasteiger partial charge < -0.3 is 14.5 Å². The summed E-state index contributed by atoms with van der Waals surface area (Å²) in [6.07, 6.45) is 0. The normalized spacial score (nSPS) is 10.7. The number of rotatable bonds is 5. The molecule has 5 heteroatoms. The number of esters is 1. The van der Waals surface area contributed by atoms with E-state index in [4.69, 9.17) is 9.47 Å². The van der Waals surface area contributed by atoms with Gasteiger partial charge in [-0.1, -0.05) is 36.4 Å². The van der Waals surface area contributed by atoms with Crippen LogP contribution in [0, 0.1) is 13.8 Å². The Morgan fingerprint density at radius 2 is 1.76 bits per heavy atom. The van der Waals surface area contributed by atoms with Gasteiger partial charge >= 0.3 is 5.97 Å². The van der Waals surface area contributed by atoms with Crippen molar-refractivity contribution in [2.24, 2.45) is 0 Å². The van der Waals surface area contributed by atoms with E-state index in [0.717, 1.165) is 10.8 Å². The molecule has 1 aromatic heterocycles. The van der Waals surface area contributed by atoms with Crippen molar-refractivity contribution in [1.29, 1.82) is 0 Å². The average Bonchev–Trinajstić information content (AvgIpc) is 2.93. The number of aryl methyl sites for hydroxylation is 1. The number of benzene rings is 2. The molecule has 0 saturated heterocycles. The molecule has 1 N–H and O–H groups in total. The summed E-state index contributed by atoms with van der Waals surface area (Å²) in [5.74, 6) is -0.0236. The third kappa shape index (κ3) is 3.13. The summed E-state index contributed by atoms with van der Waals surface area (Å²) in [6, 6.07) is 13.5. The number of carbonyl (C=O) groups is 2. The predicted molar refractivity (Wildman–Crippen MR) is 95.4 cm³/mol. The fourth-order valence-corrected chi connectivity index (χ4v) is 2.97. The predicted octanol–water partition coefficient (Wildman–Crippen LogP) is 3.83. The lowest BCUT2D eigenvalue weighted by atomic mass is 10.1. The summed E-state index contributed by atoms with van der Waals surface area (Å²) in [7, 11) is 1.32. The third-order valence-corrected chi connectivity index (χ3v) is 4.21. The number of aromatic amines is 1. The van der Waals surface area contributed by atoms with Crippen molar-refractivity contribution in [2.45, 2.75) is 13.8 Å². The lowest BCUT2D eigenvalue weighted by Gasteiger charge is -2.08. The van der Waals surface area contributed by atoms with Crippen molar-refractivity contribution in [2.75, 3.05) is 13.7 Å². The molecule has 128 valence electrons. The molecule has 0 bridgehead atoms. The van der Waals surface area contributed by atoms with Crippen molar-refractivity contribution in [3.63, 3.8) is 0 Å². The van der Waals surface area contributed by atoms with Crippen molar-refractivity contribution in [3.05, 3.63) is 65.0 Å². The van der Waals surface area contributed by atoms with Gasteiger partial charge in [-0.05, 0) is 30.9 Å². The Kier molecular flexibility index (Phi) is 4.57. The maximum Gasteiger partial charge on any atom is 0.339 e. The van der Waals surface area contributed by atoms with Crippen molar-refractivity contribution in [1.82, 2.24) is 4.98 Å². The second-order valence-corrected chi connectivity index (χ2v) is 5.81. The molecule has 0 aliphatic heterocycles. The zero-order valence-corrected chi connectivity index (χ0v) is 14.4. The van der Waals surface area contributed by atoms with Crippen LogP contribution in [-0.2, 0) is 4.74 Å². The first kappa shape index (κ1) is 16.8. The number of hydrogen-bond donors (Lipinski definition) is 1. The van der Waals surface area contributed by atoms with Crippen LogP contribution in [0.2, 0.25) is 0 Å². The molecule has 0 atom stereocenters. The number of methoxy groups -OCH3 is 1. The van der Waals surface area contributed by atoms with Crippen molar-refractivity contribution in [3.8, 4) is 5.75 Å². The van der Waals surface area contributed by atoms with Crippen LogP contribution in [-0.4, -0.2) is 30.5 Å². The lowest BCUT2D eigenvalue weighted by molar-refractivity contribution is 0.0599. The second kappa shape index (κ2) is 6.81. The number of nitrogens with one attached hydrogen (secondary N) is 1. The van der Waals surface area contributed by atoms with E-state index in [2.05, 4.69) is 4.98 Å². The molecule has 0 radical (unpaired) electrons.